The van der Waals surface area contributed by atoms with Crippen LogP contribution in [-0.2, 0) is 6.18 Å². The number of aromatic amines is 1. The molecule has 0 atom stereocenters. The fourth-order valence-electron chi connectivity index (χ4n) is 2.81. The Morgan fingerprint density at radius 1 is 1.12 bits per heavy atom. The molecule has 26 heavy (non-hydrogen) atoms. The smallest absolute Gasteiger partial charge is 0.417 e. The maximum Gasteiger partial charge on any atom is 0.417 e. The van der Waals surface area contributed by atoms with Crippen LogP contribution >= 0.6 is 0 Å². The number of carboxylic acid groups (broad SMARTS) is 1. The van der Waals surface area contributed by atoms with Gasteiger partial charge >= 0.3 is 12.1 Å². The molecule has 0 radical (unpaired) electrons. The molecule has 1 aromatic heterocycles. The van der Waals surface area contributed by atoms with Crippen molar-refractivity contribution < 1.29 is 27.9 Å². The maximum absolute atomic E-state index is 13.1. The number of rotatable bonds is 3. The number of carbonyl (C=O) groups excluding carboxylic acids is 1. The average molecular weight is 368 g/mol. The number of hydrogen-bond acceptors (Lipinski definition) is 4. The van der Waals surface area contributed by atoms with Gasteiger partial charge in [0, 0.05) is 32.2 Å². The Balaban J connectivity index is 1.70. The fourth-order valence-corrected chi connectivity index (χ4v) is 2.81. The third-order valence-corrected chi connectivity index (χ3v) is 4.15. The van der Waals surface area contributed by atoms with Gasteiger partial charge in [-0.25, -0.2) is 4.79 Å². The summed E-state index contributed by atoms with van der Waals surface area (Å²) >= 11 is 0. The van der Waals surface area contributed by atoms with E-state index >= 15 is 0 Å². The molecule has 1 amide bonds. The standard InChI is InChI=1S/C16H15F3N4O3/c17-16(18,19)11-4-2-1-3-10(11)14(24)23-7-5-22(6-8-23)13-9-12(15(25)26)20-21-13/h1-4,9H,5-8H2,(H,20,21)(H,25,26). The predicted octanol–water partition coefficient (Wildman–Crippen LogP) is 2.09. The number of hydrogen-bond donors (Lipinski definition) is 2. The zero-order chi connectivity index (χ0) is 18.9. The van der Waals surface area contributed by atoms with Gasteiger partial charge in [-0.1, -0.05) is 12.1 Å². The van der Waals surface area contributed by atoms with Gasteiger partial charge in [-0.3, -0.25) is 9.89 Å². The molecule has 138 valence electrons. The van der Waals surface area contributed by atoms with Crippen molar-refractivity contribution in [3.63, 3.8) is 0 Å². The van der Waals surface area contributed by atoms with Crippen LogP contribution in [0.5, 0.6) is 0 Å². The van der Waals surface area contributed by atoms with Crippen LogP contribution in [0.3, 0.4) is 0 Å². The maximum atomic E-state index is 13.1. The van der Waals surface area contributed by atoms with Gasteiger partial charge in [0.05, 0.1) is 11.1 Å². The molecule has 10 heteroatoms. The average Bonchev–Trinajstić information content (AvgIpc) is 3.11. The van der Waals surface area contributed by atoms with Crippen LogP contribution in [0, 0.1) is 0 Å². The van der Waals surface area contributed by atoms with Gasteiger partial charge in [0.2, 0.25) is 0 Å². The van der Waals surface area contributed by atoms with Crippen molar-refractivity contribution in [3.8, 4) is 0 Å². The number of aromatic nitrogens is 2. The Labute approximate surface area is 146 Å². The van der Waals surface area contributed by atoms with E-state index in [0.717, 1.165) is 6.07 Å². The molecule has 3 rings (SSSR count). The zero-order valence-corrected chi connectivity index (χ0v) is 13.5. The highest BCUT2D eigenvalue weighted by Gasteiger charge is 2.36. The third-order valence-electron chi connectivity index (χ3n) is 4.15. The molecule has 1 aliphatic rings. The molecule has 1 fully saturated rings. The van der Waals surface area contributed by atoms with E-state index in [2.05, 4.69) is 10.2 Å². The first kappa shape index (κ1) is 17.8. The number of nitrogens with zero attached hydrogens (tertiary/aromatic N) is 3. The first-order chi connectivity index (χ1) is 12.3. The second-order valence-corrected chi connectivity index (χ2v) is 5.77. The van der Waals surface area contributed by atoms with E-state index in [-0.39, 0.29) is 24.3 Å². The summed E-state index contributed by atoms with van der Waals surface area (Å²) in [6.45, 7) is 1.09. The van der Waals surface area contributed by atoms with Crippen molar-refractivity contribution in [1.29, 1.82) is 0 Å². The number of H-pyrrole nitrogens is 1. The number of benzene rings is 1. The van der Waals surface area contributed by atoms with Crippen LogP contribution in [0.4, 0.5) is 19.0 Å². The minimum Gasteiger partial charge on any atom is -0.477 e. The number of carboxylic acids is 1. The molecule has 1 aliphatic heterocycles. The van der Waals surface area contributed by atoms with Crippen molar-refractivity contribution >= 4 is 17.7 Å². The van der Waals surface area contributed by atoms with Gasteiger partial charge in [-0.15, -0.1) is 0 Å². The van der Waals surface area contributed by atoms with Crippen molar-refractivity contribution in [2.24, 2.45) is 0 Å². The Bertz CT molecular complexity index is 826. The predicted molar refractivity (Wildman–Crippen MR) is 85.1 cm³/mol. The van der Waals surface area contributed by atoms with Crippen molar-refractivity contribution in [2.45, 2.75) is 6.18 Å². The van der Waals surface area contributed by atoms with Gasteiger partial charge in [0.25, 0.3) is 5.91 Å². The van der Waals surface area contributed by atoms with E-state index < -0.39 is 23.6 Å². The molecule has 2 aromatic rings. The molecule has 7 nitrogen and oxygen atoms in total. The summed E-state index contributed by atoms with van der Waals surface area (Å²) in [5.74, 6) is -1.39. The summed E-state index contributed by atoms with van der Waals surface area (Å²) in [6, 6.07) is 6.08. The normalized spacial score (nSPS) is 15.2. The van der Waals surface area contributed by atoms with Gasteiger partial charge in [0.1, 0.15) is 5.69 Å². The first-order valence-electron chi connectivity index (χ1n) is 7.76. The number of halogens is 3. The Morgan fingerprint density at radius 2 is 1.77 bits per heavy atom. The van der Waals surface area contributed by atoms with Crippen LogP contribution < -0.4 is 4.90 Å². The Hall–Kier alpha value is -3.04. The van der Waals surface area contributed by atoms with Gasteiger partial charge in [0.15, 0.2) is 5.82 Å². The first-order valence-corrected chi connectivity index (χ1v) is 7.76. The lowest BCUT2D eigenvalue weighted by Crippen LogP contribution is -2.49. The number of amides is 1. The third kappa shape index (κ3) is 3.48. The summed E-state index contributed by atoms with van der Waals surface area (Å²) in [4.78, 5) is 26.5. The molecular formula is C16H15F3N4O3. The molecule has 0 saturated carbocycles. The summed E-state index contributed by atoms with van der Waals surface area (Å²) in [5, 5.41) is 15.2. The molecule has 0 spiro atoms. The van der Waals surface area contributed by atoms with Gasteiger partial charge in [-0.05, 0) is 12.1 Å². The van der Waals surface area contributed by atoms with Gasteiger partial charge in [-0.2, -0.15) is 18.3 Å². The molecule has 0 aliphatic carbocycles. The summed E-state index contributed by atoms with van der Waals surface area (Å²) < 4.78 is 39.3. The van der Waals surface area contributed by atoms with Crippen molar-refractivity contribution in [2.75, 3.05) is 31.1 Å². The van der Waals surface area contributed by atoms with Crippen LogP contribution in [0.15, 0.2) is 30.3 Å². The Kier molecular flexibility index (Phi) is 4.58. The van der Waals surface area contributed by atoms with Crippen molar-refractivity contribution in [1.82, 2.24) is 15.1 Å². The number of aromatic carboxylic acids is 1. The quantitative estimate of drug-likeness (QED) is 0.866. The Morgan fingerprint density at radius 3 is 2.35 bits per heavy atom. The second-order valence-electron chi connectivity index (χ2n) is 5.77. The van der Waals surface area contributed by atoms with E-state index in [1.165, 1.54) is 29.2 Å². The lowest BCUT2D eigenvalue weighted by Gasteiger charge is -2.35. The van der Waals surface area contributed by atoms with Crippen LogP contribution in [0.2, 0.25) is 0 Å². The lowest BCUT2D eigenvalue weighted by atomic mass is 10.1. The van der Waals surface area contributed by atoms with E-state index in [9.17, 15) is 22.8 Å². The molecule has 1 saturated heterocycles. The molecule has 0 unspecified atom stereocenters. The van der Waals surface area contributed by atoms with E-state index in [4.69, 9.17) is 5.11 Å². The van der Waals surface area contributed by atoms with Crippen LogP contribution in [-0.4, -0.2) is 58.3 Å². The molecule has 2 heterocycles. The van der Waals surface area contributed by atoms with Crippen LogP contribution in [0.1, 0.15) is 26.4 Å². The SMILES string of the molecule is O=C(O)c1cc(N2CCN(C(=O)c3ccccc3C(F)(F)F)CC2)n[nH]1. The number of alkyl halides is 3. The van der Waals surface area contributed by atoms with Crippen LogP contribution in [0.25, 0.3) is 0 Å². The highest BCUT2D eigenvalue weighted by Crippen LogP contribution is 2.32. The topological polar surface area (TPSA) is 89.5 Å². The highest BCUT2D eigenvalue weighted by atomic mass is 19.4. The summed E-state index contributed by atoms with van der Waals surface area (Å²) in [7, 11) is 0. The fraction of sp³-hybridized carbons (Fsp3) is 0.312. The minimum absolute atomic E-state index is 0.0578. The molecule has 0 bridgehead atoms. The molecule has 2 N–H and O–H groups in total. The zero-order valence-electron chi connectivity index (χ0n) is 13.5. The number of nitrogens with one attached hydrogen (secondary N) is 1. The van der Waals surface area contributed by atoms with E-state index in [0.29, 0.717) is 18.9 Å². The summed E-state index contributed by atoms with van der Waals surface area (Å²) in [5.41, 5.74) is -1.38. The number of anilines is 1. The lowest BCUT2D eigenvalue weighted by molar-refractivity contribution is -0.138. The second kappa shape index (κ2) is 6.70. The largest absolute Gasteiger partial charge is 0.477 e. The molecule has 1 aromatic carbocycles. The van der Waals surface area contributed by atoms with Crippen molar-refractivity contribution in [3.05, 3.63) is 47.2 Å². The van der Waals surface area contributed by atoms with Gasteiger partial charge < -0.3 is 14.9 Å². The monoisotopic (exact) mass is 368 g/mol. The molecular weight excluding hydrogens is 353 g/mol. The highest BCUT2D eigenvalue weighted by molar-refractivity contribution is 5.96. The minimum atomic E-state index is -4.60. The van der Waals surface area contributed by atoms with E-state index in [1.807, 2.05) is 0 Å². The number of carbonyl (C=O) groups is 2. The number of piperazine rings is 1. The van der Waals surface area contributed by atoms with E-state index in [1.54, 1.807) is 4.90 Å². The summed E-state index contributed by atoms with van der Waals surface area (Å²) in [6.07, 6.45) is -4.60.